The molecule has 0 saturated carbocycles. The van der Waals surface area contributed by atoms with Crippen LogP contribution in [-0.2, 0) is 4.79 Å². The third-order valence-electron chi connectivity index (χ3n) is 2.70. The van der Waals surface area contributed by atoms with Crippen LogP contribution in [-0.4, -0.2) is 36.3 Å². The number of amides is 2. The van der Waals surface area contributed by atoms with Crippen LogP contribution in [0.4, 0.5) is 10.1 Å². The van der Waals surface area contributed by atoms with E-state index in [0.717, 1.165) is 12.1 Å². The molecule has 1 aromatic rings. The normalized spacial score (nSPS) is 10.1. The smallest absolute Gasteiger partial charge is 0.251 e. The van der Waals surface area contributed by atoms with E-state index >= 15 is 0 Å². The molecule has 1 aromatic carbocycles. The summed E-state index contributed by atoms with van der Waals surface area (Å²) in [6, 6.07) is 3.56. The number of hydrogen-bond acceptors (Lipinski definition) is 3. The number of benzene rings is 1. The second-order valence-corrected chi connectivity index (χ2v) is 4.02. The van der Waals surface area contributed by atoms with Crippen molar-refractivity contribution in [2.24, 2.45) is 0 Å². The molecule has 0 saturated heterocycles. The van der Waals surface area contributed by atoms with Gasteiger partial charge in [-0.1, -0.05) is 0 Å². The predicted molar refractivity (Wildman–Crippen MR) is 71.1 cm³/mol. The molecule has 2 amide bonds. The number of nitrogens with two attached hydrogens (primary N) is 1. The predicted octanol–water partition coefficient (Wildman–Crippen LogP) is 1.01. The van der Waals surface area contributed by atoms with Gasteiger partial charge in [0.1, 0.15) is 5.82 Å². The fraction of sp³-hybridized carbons (Fsp3) is 0.385. The van der Waals surface area contributed by atoms with Crippen LogP contribution in [0, 0.1) is 5.82 Å². The zero-order chi connectivity index (χ0) is 14.4. The van der Waals surface area contributed by atoms with E-state index in [4.69, 9.17) is 5.73 Å². The van der Waals surface area contributed by atoms with Gasteiger partial charge in [0.05, 0.1) is 6.54 Å². The summed E-state index contributed by atoms with van der Waals surface area (Å²) in [5, 5.41) is 2.45. The Hall–Kier alpha value is -2.11. The summed E-state index contributed by atoms with van der Waals surface area (Å²) in [5.74, 6) is -1.28. The highest BCUT2D eigenvalue weighted by atomic mass is 19.1. The van der Waals surface area contributed by atoms with Gasteiger partial charge in [-0.25, -0.2) is 4.39 Å². The summed E-state index contributed by atoms with van der Waals surface area (Å²) in [7, 11) is 0. The molecule has 0 unspecified atom stereocenters. The number of carbonyl (C=O) groups excluding carboxylic acids is 2. The number of carbonyl (C=O) groups is 2. The minimum atomic E-state index is -0.583. The van der Waals surface area contributed by atoms with Crippen molar-refractivity contribution in [1.29, 1.82) is 0 Å². The van der Waals surface area contributed by atoms with Gasteiger partial charge in [0.2, 0.25) is 5.91 Å². The first kappa shape index (κ1) is 14.9. The Morgan fingerprint density at radius 3 is 2.42 bits per heavy atom. The summed E-state index contributed by atoms with van der Waals surface area (Å²) >= 11 is 0. The van der Waals surface area contributed by atoms with E-state index in [1.54, 1.807) is 4.90 Å². The molecule has 0 bridgehead atoms. The molecular weight excluding hydrogens is 249 g/mol. The maximum absolute atomic E-state index is 13.1. The molecule has 3 N–H and O–H groups in total. The Kier molecular flexibility index (Phi) is 5.29. The largest absolute Gasteiger partial charge is 0.399 e. The maximum Gasteiger partial charge on any atom is 0.251 e. The Balaban J connectivity index is 2.63. The number of anilines is 1. The number of halogens is 1. The van der Waals surface area contributed by atoms with Crippen LogP contribution in [0.1, 0.15) is 24.2 Å². The molecule has 0 aliphatic heterocycles. The van der Waals surface area contributed by atoms with Crippen molar-refractivity contribution < 1.29 is 14.0 Å². The quantitative estimate of drug-likeness (QED) is 0.782. The van der Waals surface area contributed by atoms with Gasteiger partial charge in [0.15, 0.2) is 0 Å². The number of likely N-dealkylation sites (N-methyl/N-ethyl adjacent to an activating group) is 1. The highest BCUT2D eigenvalue weighted by Crippen LogP contribution is 2.10. The molecule has 6 heteroatoms. The van der Waals surface area contributed by atoms with Crippen molar-refractivity contribution in [2.75, 3.05) is 25.4 Å². The monoisotopic (exact) mass is 267 g/mol. The van der Waals surface area contributed by atoms with E-state index in [9.17, 15) is 14.0 Å². The van der Waals surface area contributed by atoms with Crippen molar-refractivity contribution >= 4 is 17.5 Å². The van der Waals surface area contributed by atoms with Gasteiger partial charge in [-0.05, 0) is 32.0 Å². The van der Waals surface area contributed by atoms with Crippen LogP contribution in [0.2, 0.25) is 0 Å². The van der Waals surface area contributed by atoms with E-state index in [-0.39, 0.29) is 23.7 Å². The average Bonchev–Trinajstić information content (AvgIpc) is 2.36. The van der Waals surface area contributed by atoms with Crippen LogP contribution in [0.15, 0.2) is 18.2 Å². The molecule has 0 aliphatic rings. The molecule has 0 heterocycles. The van der Waals surface area contributed by atoms with Crippen molar-refractivity contribution in [3.63, 3.8) is 0 Å². The molecule has 0 aliphatic carbocycles. The number of hydrogen-bond donors (Lipinski definition) is 2. The van der Waals surface area contributed by atoms with Crippen molar-refractivity contribution in [1.82, 2.24) is 10.2 Å². The lowest BCUT2D eigenvalue weighted by molar-refractivity contribution is -0.129. The summed E-state index contributed by atoms with van der Waals surface area (Å²) in [6.45, 7) is 4.76. The molecule has 0 fully saturated rings. The Morgan fingerprint density at radius 1 is 1.26 bits per heavy atom. The first-order valence-electron chi connectivity index (χ1n) is 6.10. The first-order valence-corrected chi connectivity index (χ1v) is 6.10. The van der Waals surface area contributed by atoms with Gasteiger partial charge in [0.25, 0.3) is 5.91 Å². The third kappa shape index (κ3) is 4.24. The second kappa shape index (κ2) is 6.72. The van der Waals surface area contributed by atoms with Crippen molar-refractivity contribution in [3.05, 3.63) is 29.6 Å². The minimum absolute atomic E-state index is 0.102. The topological polar surface area (TPSA) is 75.4 Å². The van der Waals surface area contributed by atoms with E-state index in [2.05, 4.69) is 5.32 Å². The lowest BCUT2D eigenvalue weighted by Gasteiger charge is -2.18. The van der Waals surface area contributed by atoms with Gasteiger partial charge < -0.3 is 16.0 Å². The molecular formula is C13H18FN3O2. The van der Waals surface area contributed by atoms with E-state index < -0.39 is 11.7 Å². The van der Waals surface area contributed by atoms with E-state index in [1.807, 2.05) is 13.8 Å². The fourth-order valence-corrected chi connectivity index (χ4v) is 1.69. The van der Waals surface area contributed by atoms with Crippen molar-refractivity contribution in [2.45, 2.75) is 13.8 Å². The van der Waals surface area contributed by atoms with Crippen molar-refractivity contribution in [3.8, 4) is 0 Å². The summed E-state index contributed by atoms with van der Waals surface area (Å²) in [4.78, 5) is 25.0. The van der Waals surface area contributed by atoms with E-state index in [1.165, 1.54) is 6.07 Å². The number of nitrogens with zero attached hydrogens (tertiary/aromatic N) is 1. The van der Waals surface area contributed by atoms with Gasteiger partial charge in [0, 0.05) is 24.3 Å². The Labute approximate surface area is 111 Å². The lowest BCUT2D eigenvalue weighted by atomic mass is 10.2. The molecule has 1 rings (SSSR count). The number of rotatable bonds is 5. The third-order valence-corrected chi connectivity index (χ3v) is 2.70. The minimum Gasteiger partial charge on any atom is -0.399 e. The van der Waals surface area contributed by atoms with Gasteiger partial charge in [-0.2, -0.15) is 0 Å². The molecule has 5 nitrogen and oxygen atoms in total. The standard InChI is InChI=1S/C13H18FN3O2/c1-3-17(4-2)12(18)8-16-13(19)9-5-10(14)7-11(15)6-9/h5-7H,3-4,8,15H2,1-2H3,(H,16,19). The summed E-state index contributed by atoms with van der Waals surface area (Å²) in [5.41, 5.74) is 5.72. The summed E-state index contributed by atoms with van der Waals surface area (Å²) in [6.07, 6.45) is 0. The fourth-order valence-electron chi connectivity index (χ4n) is 1.69. The number of nitrogen functional groups attached to an aromatic ring is 1. The molecule has 0 aromatic heterocycles. The van der Waals surface area contributed by atoms with Crippen LogP contribution in [0.5, 0.6) is 0 Å². The zero-order valence-corrected chi connectivity index (χ0v) is 11.1. The van der Waals surface area contributed by atoms with Crippen LogP contribution >= 0.6 is 0 Å². The van der Waals surface area contributed by atoms with Gasteiger partial charge in [-0.3, -0.25) is 9.59 Å². The number of nitrogens with one attached hydrogen (secondary N) is 1. The average molecular weight is 267 g/mol. The molecule has 0 radical (unpaired) electrons. The lowest BCUT2D eigenvalue weighted by Crippen LogP contribution is -2.40. The first-order chi connectivity index (χ1) is 8.97. The Morgan fingerprint density at radius 2 is 1.89 bits per heavy atom. The van der Waals surface area contributed by atoms with E-state index in [0.29, 0.717) is 13.1 Å². The molecule has 19 heavy (non-hydrogen) atoms. The Bertz CT molecular complexity index is 453. The zero-order valence-electron chi connectivity index (χ0n) is 11.1. The maximum atomic E-state index is 13.1. The van der Waals surface area contributed by atoms with Gasteiger partial charge >= 0.3 is 0 Å². The SMILES string of the molecule is CCN(CC)C(=O)CNC(=O)c1cc(N)cc(F)c1. The summed E-state index contributed by atoms with van der Waals surface area (Å²) < 4.78 is 13.1. The highest BCUT2D eigenvalue weighted by Gasteiger charge is 2.13. The van der Waals surface area contributed by atoms with Crippen LogP contribution in [0.25, 0.3) is 0 Å². The van der Waals surface area contributed by atoms with Gasteiger partial charge in [-0.15, -0.1) is 0 Å². The van der Waals surface area contributed by atoms with Crippen LogP contribution in [0.3, 0.4) is 0 Å². The highest BCUT2D eigenvalue weighted by molar-refractivity contribution is 5.97. The molecule has 0 atom stereocenters. The second-order valence-electron chi connectivity index (χ2n) is 4.02. The molecule has 104 valence electrons. The van der Waals surface area contributed by atoms with Crippen LogP contribution < -0.4 is 11.1 Å². The molecule has 0 spiro atoms.